The van der Waals surface area contributed by atoms with E-state index in [0.29, 0.717) is 13.0 Å². The lowest BCUT2D eigenvalue weighted by Crippen LogP contribution is -1.75. The molecule has 0 aliphatic heterocycles. The van der Waals surface area contributed by atoms with Crippen LogP contribution >= 0.6 is 12.2 Å². The van der Waals surface area contributed by atoms with Crippen LogP contribution in [-0.2, 0) is 0 Å². The molecule has 0 amide bonds. The normalized spacial score (nSPS) is 9.50. The van der Waals surface area contributed by atoms with Gasteiger partial charge in [0.25, 0.3) is 0 Å². The van der Waals surface area contributed by atoms with Gasteiger partial charge in [0.2, 0.25) is 0 Å². The zero-order valence-corrected chi connectivity index (χ0v) is 9.39. The molecule has 1 aromatic rings. The summed E-state index contributed by atoms with van der Waals surface area (Å²) in [6.07, 6.45) is 4.57. The van der Waals surface area contributed by atoms with E-state index >= 15 is 0 Å². The smallest absolute Gasteiger partial charge is 0.0811 e. The Hall–Kier alpha value is -1.93. The fraction of sp³-hybridized carbons (Fsp3) is 0.182. The molecule has 0 aromatic heterocycles. The maximum absolute atomic E-state index is 8.10. The largest absolute Gasteiger partial charge is 0.194 e. The first-order valence-electron chi connectivity index (χ1n) is 4.73. The number of azide groups is 1. The summed E-state index contributed by atoms with van der Waals surface area (Å²) in [5, 5.41) is 5.78. The summed E-state index contributed by atoms with van der Waals surface area (Å²) < 4.78 is 0. The Kier molecular flexibility index (Phi) is 5.59. The highest BCUT2D eigenvalue weighted by Crippen LogP contribution is 2.19. The van der Waals surface area contributed by atoms with E-state index in [9.17, 15) is 0 Å². The Labute approximate surface area is 99.0 Å². The number of nitrogens with zero attached hydrogens (tertiary/aromatic N) is 4. The van der Waals surface area contributed by atoms with E-state index in [1.165, 1.54) is 0 Å². The van der Waals surface area contributed by atoms with Gasteiger partial charge < -0.3 is 0 Å². The molecule has 0 saturated carbocycles. The monoisotopic (exact) mass is 230 g/mol. The van der Waals surface area contributed by atoms with E-state index in [-0.39, 0.29) is 0 Å². The third-order valence-corrected chi connectivity index (χ3v) is 1.95. The van der Waals surface area contributed by atoms with Gasteiger partial charge in [-0.1, -0.05) is 35.5 Å². The molecule has 0 fully saturated rings. The van der Waals surface area contributed by atoms with Crippen molar-refractivity contribution in [2.45, 2.75) is 6.42 Å². The molecule has 0 aliphatic rings. The number of thiocarbonyl (C=S) groups is 1. The van der Waals surface area contributed by atoms with Gasteiger partial charge in [0.05, 0.1) is 10.8 Å². The average molecular weight is 230 g/mol. The van der Waals surface area contributed by atoms with Crippen molar-refractivity contribution in [1.82, 2.24) is 0 Å². The first kappa shape index (κ1) is 12.1. The van der Waals surface area contributed by atoms with Crippen LogP contribution in [0.25, 0.3) is 16.5 Å². The standard InChI is InChI=1S/C11H10N4S/c12-15-14-8-4-3-6-10-5-1-2-7-11(10)13-9-16/h1-3,5-7H,4,8H2. The predicted octanol–water partition coefficient (Wildman–Crippen LogP) is 4.13. The van der Waals surface area contributed by atoms with E-state index < -0.39 is 0 Å². The second kappa shape index (κ2) is 7.37. The molecule has 0 saturated heterocycles. The van der Waals surface area contributed by atoms with Crippen LogP contribution in [0.3, 0.4) is 0 Å². The Morgan fingerprint density at radius 3 is 3.00 bits per heavy atom. The van der Waals surface area contributed by atoms with E-state index in [0.717, 1.165) is 11.3 Å². The predicted molar refractivity (Wildman–Crippen MR) is 68.8 cm³/mol. The van der Waals surface area contributed by atoms with E-state index in [4.69, 9.17) is 5.53 Å². The van der Waals surface area contributed by atoms with Crippen molar-refractivity contribution >= 4 is 29.1 Å². The van der Waals surface area contributed by atoms with Crippen LogP contribution in [0, 0.1) is 0 Å². The highest BCUT2D eigenvalue weighted by molar-refractivity contribution is 7.78. The molecule has 16 heavy (non-hydrogen) atoms. The Morgan fingerprint density at radius 2 is 2.25 bits per heavy atom. The van der Waals surface area contributed by atoms with Crippen molar-refractivity contribution in [3.63, 3.8) is 0 Å². The third kappa shape index (κ3) is 4.07. The minimum atomic E-state index is 0.464. The lowest BCUT2D eigenvalue weighted by molar-refractivity contribution is 0.996. The number of hydrogen-bond acceptors (Lipinski definition) is 3. The SMILES string of the molecule is [N-]=[N+]=NCCC=Cc1ccccc1N=C=S. The van der Waals surface area contributed by atoms with Crippen LogP contribution in [0.15, 0.2) is 40.4 Å². The molecule has 0 N–H and O–H groups in total. The maximum Gasteiger partial charge on any atom is 0.0811 e. The third-order valence-electron chi connectivity index (χ3n) is 1.86. The van der Waals surface area contributed by atoms with Gasteiger partial charge in [-0.25, -0.2) is 0 Å². The van der Waals surface area contributed by atoms with E-state index in [1.807, 2.05) is 36.4 Å². The van der Waals surface area contributed by atoms with Gasteiger partial charge in [0.1, 0.15) is 0 Å². The second-order valence-corrected chi connectivity index (χ2v) is 3.09. The number of rotatable bonds is 5. The highest BCUT2D eigenvalue weighted by atomic mass is 32.1. The highest BCUT2D eigenvalue weighted by Gasteiger charge is 1.94. The summed E-state index contributed by atoms with van der Waals surface area (Å²) in [6, 6.07) is 7.63. The van der Waals surface area contributed by atoms with Gasteiger partial charge in [0, 0.05) is 17.0 Å². The molecule has 1 aromatic carbocycles. The second-order valence-electron chi connectivity index (χ2n) is 2.91. The number of hydrogen-bond donors (Lipinski definition) is 0. The molecule has 0 bridgehead atoms. The number of isothiocyanates is 1. The van der Waals surface area contributed by atoms with Crippen LogP contribution < -0.4 is 0 Å². The summed E-state index contributed by atoms with van der Waals surface area (Å²) in [5.41, 5.74) is 9.86. The summed E-state index contributed by atoms with van der Waals surface area (Å²) >= 11 is 4.57. The summed E-state index contributed by atoms with van der Waals surface area (Å²) in [4.78, 5) is 6.63. The molecular formula is C11H10N4S. The Balaban J connectivity index is 2.72. The van der Waals surface area contributed by atoms with Gasteiger partial charge in [-0.15, -0.1) is 0 Å². The molecule has 0 heterocycles. The van der Waals surface area contributed by atoms with Crippen LogP contribution in [-0.4, -0.2) is 11.7 Å². The van der Waals surface area contributed by atoms with Crippen LogP contribution in [0.5, 0.6) is 0 Å². The van der Waals surface area contributed by atoms with Gasteiger partial charge in [0.15, 0.2) is 0 Å². The molecule has 0 radical (unpaired) electrons. The number of benzene rings is 1. The fourth-order valence-electron chi connectivity index (χ4n) is 1.17. The number of aliphatic imine (C=N–C) groups is 1. The first-order chi connectivity index (χ1) is 7.88. The van der Waals surface area contributed by atoms with Crippen molar-refractivity contribution in [3.05, 3.63) is 46.3 Å². The Morgan fingerprint density at radius 1 is 1.44 bits per heavy atom. The van der Waals surface area contributed by atoms with Crippen molar-refractivity contribution < 1.29 is 0 Å². The fourth-order valence-corrected chi connectivity index (χ4v) is 1.27. The quantitative estimate of drug-likeness (QED) is 0.187. The number of para-hydroxylation sites is 1. The maximum atomic E-state index is 8.10. The van der Waals surface area contributed by atoms with Gasteiger partial charge in [-0.05, 0) is 30.2 Å². The zero-order valence-electron chi connectivity index (χ0n) is 8.58. The lowest BCUT2D eigenvalue weighted by Gasteiger charge is -1.97. The summed E-state index contributed by atoms with van der Waals surface area (Å²) in [7, 11) is 0. The molecule has 0 aliphatic carbocycles. The van der Waals surface area contributed by atoms with E-state index in [1.54, 1.807) is 0 Å². The van der Waals surface area contributed by atoms with Crippen LogP contribution in [0.4, 0.5) is 5.69 Å². The van der Waals surface area contributed by atoms with Crippen molar-refractivity contribution in [1.29, 1.82) is 0 Å². The zero-order chi connectivity index (χ0) is 11.6. The summed E-state index contributed by atoms with van der Waals surface area (Å²) in [6.45, 7) is 0.464. The average Bonchev–Trinajstić information content (AvgIpc) is 2.31. The van der Waals surface area contributed by atoms with Crippen molar-refractivity contribution in [3.8, 4) is 0 Å². The molecule has 80 valence electrons. The topological polar surface area (TPSA) is 61.1 Å². The lowest BCUT2D eigenvalue weighted by atomic mass is 10.1. The van der Waals surface area contributed by atoms with Crippen LogP contribution in [0.2, 0.25) is 0 Å². The molecule has 0 atom stereocenters. The molecular weight excluding hydrogens is 220 g/mol. The van der Waals surface area contributed by atoms with Crippen LogP contribution in [0.1, 0.15) is 12.0 Å². The van der Waals surface area contributed by atoms with Crippen molar-refractivity contribution in [2.75, 3.05) is 6.54 Å². The minimum Gasteiger partial charge on any atom is -0.194 e. The van der Waals surface area contributed by atoms with Gasteiger partial charge >= 0.3 is 0 Å². The van der Waals surface area contributed by atoms with Gasteiger partial charge in [-0.2, -0.15) is 4.99 Å². The van der Waals surface area contributed by atoms with E-state index in [2.05, 4.69) is 32.4 Å². The minimum absolute atomic E-state index is 0.464. The molecule has 4 nitrogen and oxygen atoms in total. The Bertz CT molecular complexity index is 469. The molecule has 1 rings (SSSR count). The van der Waals surface area contributed by atoms with Gasteiger partial charge in [-0.3, -0.25) is 0 Å². The summed E-state index contributed by atoms with van der Waals surface area (Å²) in [5.74, 6) is 0. The molecule has 0 unspecified atom stereocenters. The molecule has 0 spiro atoms. The first-order valence-corrected chi connectivity index (χ1v) is 5.13. The van der Waals surface area contributed by atoms with Crippen molar-refractivity contribution in [2.24, 2.45) is 10.1 Å². The molecule has 5 heteroatoms.